The van der Waals surface area contributed by atoms with Gasteiger partial charge >= 0.3 is 0 Å². The predicted octanol–water partition coefficient (Wildman–Crippen LogP) is 3.07. The normalized spacial score (nSPS) is 21.6. The number of carbonyl (C=O) groups is 1. The average Bonchev–Trinajstić information content (AvgIpc) is 2.70. The van der Waals surface area contributed by atoms with Crippen LogP contribution >= 0.6 is 0 Å². The third kappa shape index (κ3) is 5.18. The molecule has 1 saturated heterocycles. The summed E-state index contributed by atoms with van der Waals surface area (Å²) in [6, 6.07) is 20.8. The zero-order valence-electron chi connectivity index (χ0n) is 16.4. The average molecular weight is 366 g/mol. The SMILES string of the molecule is C[C@H]1C[C@@H](N(C)C(=O)[C@@H](N)Cc2ccccc2)CCN1Cc1ccccc1. The number of piperidine rings is 1. The molecule has 0 bridgehead atoms. The molecule has 0 spiro atoms. The largest absolute Gasteiger partial charge is 0.341 e. The Morgan fingerprint density at radius 2 is 1.70 bits per heavy atom. The number of nitrogens with zero attached hydrogens (tertiary/aromatic N) is 2. The van der Waals surface area contributed by atoms with Crippen LogP contribution in [0.5, 0.6) is 0 Å². The van der Waals surface area contributed by atoms with Crippen molar-refractivity contribution in [2.24, 2.45) is 5.73 Å². The first-order valence-corrected chi connectivity index (χ1v) is 9.88. The summed E-state index contributed by atoms with van der Waals surface area (Å²) in [7, 11) is 1.91. The first-order valence-electron chi connectivity index (χ1n) is 9.88. The van der Waals surface area contributed by atoms with Crippen molar-refractivity contribution in [1.82, 2.24) is 9.80 Å². The molecule has 0 saturated carbocycles. The van der Waals surface area contributed by atoms with Crippen molar-refractivity contribution in [3.05, 3.63) is 71.8 Å². The number of benzene rings is 2. The van der Waals surface area contributed by atoms with Gasteiger partial charge in [0.05, 0.1) is 6.04 Å². The summed E-state index contributed by atoms with van der Waals surface area (Å²) in [5, 5.41) is 0. The van der Waals surface area contributed by atoms with Crippen molar-refractivity contribution in [3.63, 3.8) is 0 Å². The fraction of sp³-hybridized carbons (Fsp3) is 0.435. The maximum absolute atomic E-state index is 12.8. The monoisotopic (exact) mass is 365 g/mol. The van der Waals surface area contributed by atoms with Gasteiger partial charge in [0.1, 0.15) is 0 Å². The molecule has 0 radical (unpaired) electrons. The van der Waals surface area contributed by atoms with Gasteiger partial charge in [-0.15, -0.1) is 0 Å². The van der Waals surface area contributed by atoms with E-state index in [2.05, 4.69) is 42.2 Å². The molecular formula is C23H31N3O. The van der Waals surface area contributed by atoms with E-state index in [1.54, 1.807) is 0 Å². The van der Waals surface area contributed by atoms with E-state index < -0.39 is 6.04 Å². The summed E-state index contributed by atoms with van der Waals surface area (Å²) < 4.78 is 0. The van der Waals surface area contributed by atoms with Gasteiger partial charge in [0.2, 0.25) is 5.91 Å². The number of nitrogens with two attached hydrogens (primary N) is 1. The number of hydrogen-bond donors (Lipinski definition) is 1. The van der Waals surface area contributed by atoms with Crippen molar-refractivity contribution in [1.29, 1.82) is 0 Å². The highest BCUT2D eigenvalue weighted by Gasteiger charge is 2.31. The lowest BCUT2D eigenvalue weighted by Gasteiger charge is -2.41. The van der Waals surface area contributed by atoms with E-state index in [1.165, 1.54) is 5.56 Å². The molecule has 1 heterocycles. The van der Waals surface area contributed by atoms with E-state index in [9.17, 15) is 4.79 Å². The summed E-state index contributed by atoms with van der Waals surface area (Å²) in [5.41, 5.74) is 8.67. The van der Waals surface area contributed by atoms with Gasteiger partial charge in [0.15, 0.2) is 0 Å². The molecule has 2 aromatic rings. The van der Waals surface area contributed by atoms with Gasteiger partial charge < -0.3 is 10.6 Å². The third-order valence-electron chi connectivity index (χ3n) is 5.73. The second-order valence-electron chi connectivity index (χ2n) is 7.73. The molecule has 144 valence electrons. The van der Waals surface area contributed by atoms with Crippen LogP contribution in [0.3, 0.4) is 0 Å². The van der Waals surface area contributed by atoms with Gasteiger partial charge in [-0.05, 0) is 37.3 Å². The number of likely N-dealkylation sites (tertiary alicyclic amines) is 1. The van der Waals surface area contributed by atoms with Crippen molar-refractivity contribution in [2.45, 2.75) is 50.9 Å². The first kappa shape index (κ1) is 19.6. The fourth-order valence-corrected chi connectivity index (χ4v) is 4.00. The Kier molecular flexibility index (Phi) is 6.64. The van der Waals surface area contributed by atoms with Gasteiger partial charge in [-0.25, -0.2) is 0 Å². The minimum Gasteiger partial charge on any atom is -0.341 e. The lowest BCUT2D eigenvalue weighted by atomic mass is 9.95. The van der Waals surface area contributed by atoms with E-state index >= 15 is 0 Å². The standard InChI is InChI=1S/C23H31N3O/c1-18-15-21(13-14-26(18)17-20-11-7-4-8-12-20)25(2)23(27)22(24)16-19-9-5-3-6-10-19/h3-12,18,21-22H,13-17,24H2,1-2H3/t18-,21-,22-/m0/s1. The molecule has 2 N–H and O–H groups in total. The Morgan fingerprint density at radius 3 is 2.30 bits per heavy atom. The molecule has 0 aromatic heterocycles. The highest BCUT2D eigenvalue weighted by molar-refractivity contribution is 5.82. The van der Waals surface area contributed by atoms with Crippen LogP contribution in [0.4, 0.5) is 0 Å². The molecule has 1 fully saturated rings. The van der Waals surface area contributed by atoms with E-state index in [0.29, 0.717) is 12.5 Å². The molecule has 27 heavy (non-hydrogen) atoms. The zero-order valence-corrected chi connectivity index (χ0v) is 16.4. The lowest BCUT2D eigenvalue weighted by Crippen LogP contribution is -2.53. The van der Waals surface area contributed by atoms with Crippen LogP contribution in [0.1, 0.15) is 30.9 Å². The number of amides is 1. The second kappa shape index (κ2) is 9.16. The molecular weight excluding hydrogens is 334 g/mol. The highest BCUT2D eigenvalue weighted by atomic mass is 16.2. The predicted molar refractivity (Wildman–Crippen MR) is 110 cm³/mol. The first-order chi connectivity index (χ1) is 13.0. The topological polar surface area (TPSA) is 49.6 Å². The summed E-state index contributed by atoms with van der Waals surface area (Å²) in [4.78, 5) is 17.2. The Bertz CT molecular complexity index is 719. The number of hydrogen-bond acceptors (Lipinski definition) is 3. The van der Waals surface area contributed by atoms with Gasteiger partial charge in [-0.2, -0.15) is 0 Å². The Hall–Kier alpha value is -2.17. The summed E-state index contributed by atoms with van der Waals surface area (Å²) in [6.45, 7) is 4.24. The molecule has 1 aliphatic heterocycles. The van der Waals surface area contributed by atoms with Crippen LogP contribution in [-0.2, 0) is 17.8 Å². The van der Waals surface area contributed by atoms with Crippen LogP contribution in [-0.4, -0.2) is 47.4 Å². The molecule has 1 amide bonds. The van der Waals surface area contributed by atoms with Gasteiger partial charge in [-0.1, -0.05) is 60.7 Å². The number of carbonyl (C=O) groups excluding carboxylic acids is 1. The lowest BCUT2D eigenvalue weighted by molar-refractivity contribution is -0.134. The zero-order chi connectivity index (χ0) is 19.2. The van der Waals surface area contributed by atoms with E-state index in [4.69, 9.17) is 5.73 Å². The van der Waals surface area contributed by atoms with Crippen molar-refractivity contribution in [3.8, 4) is 0 Å². The molecule has 3 atom stereocenters. The number of likely N-dealkylation sites (N-methyl/N-ethyl adjacent to an activating group) is 1. The molecule has 0 unspecified atom stereocenters. The summed E-state index contributed by atoms with van der Waals surface area (Å²) in [6.07, 6.45) is 2.58. The Balaban J connectivity index is 1.53. The van der Waals surface area contributed by atoms with Crippen LogP contribution in [0.15, 0.2) is 60.7 Å². The van der Waals surface area contributed by atoms with Crippen LogP contribution < -0.4 is 5.73 Å². The molecule has 0 aliphatic carbocycles. The van der Waals surface area contributed by atoms with Crippen LogP contribution in [0, 0.1) is 0 Å². The molecule has 2 aromatic carbocycles. The number of rotatable bonds is 6. The molecule has 4 nitrogen and oxygen atoms in total. The van der Waals surface area contributed by atoms with Gasteiger partial charge in [-0.3, -0.25) is 9.69 Å². The highest BCUT2D eigenvalue weighted by Crippen LogP contribution is 2.23. The second-order valence-corrected chi connectivity index (χ2v) is 7.73. The quantitative estimate of drug-likeness (QED) is 0.856. The van der Waals surface area contributed by atoms with Crippen molar-refractivity contribution >= 4 is 5.91 Å². The minimum absolute atomic E-state index is 0.0487. The minimum atomic E-state index is -0.477. The molecule has 4 heteroatoms. The summed E-state index contributed by atoms with van der Waals surface area (Å²) in [5.74, 6) is 0.0487. The molecule has 1 aliphatic rings. The maximum Gasteiger partial charge on any atom is 0.239 e. The van der Waals surface area contributed by atoms with E-state index in [0.717, 1.165) is 31.5 Å². The summed E-state index contributed by atoms with van der Waals surface area (Å²) >= 11 is 0. The molecule has 3 rings (SSSR count). The van der Waals surface area contributed by atoms with E-state index in [-0.39, 0.29) is 11.9 Å². The third-order valence-corrected chi connectivity index (χ3v) is 5.73. The van der Waals surface area contributed by atoms with E-state index in [1.807, 2.05) is 42.3 Å². The fourth-order valence-electron chi connectivity index (χ4n) is 4.00. The Labute approximate surface area is 163 Å². The van der Waals surface area contributed by atoms with Gasteiger partial charge in [0.25, 0.3) is 0 Å². The van der Waals surface area contributed by atoms with Crippen LogP contribution in [0.2, 0.25) is 0 Å². The van der Waals surface area contributed by atoms with Crippen molar-refractivity contribution in [2.75, 3.05) is 13.6 Å². The van der Waals surface area contributed by atoms with Crippen LogP contribution in [0.25, 0.3) is 0 Å². The smallest absolute Gasteiger partial charge is 0.239 e. The Morgan fingerprint density at radius 1 is 1.11 bits per heavy atom. The maximum atomic E-state index is 12.8. The van der Waals surface area contributed by atoms with Crippen molar-refractivity contribution < 1.29 is 4.79 Å². The van der Waals surface area contributed by atoms with Gasteiger partial charge in [0, 0.05) is 32.2 Å².